The lowest BCUT2D eigenvalue weighted by atomic mass is 10.0. The van der Waals surface area contributed by atoms with E-state index in [1.807, 2.05) is 42.5 Å². The summed E-state index contributed by atoms with van der Waals surface area (Å²) in [4.78, 5) is 37.3. The van der Waals surface area contributed by atoms with E-state index in [9.17, 15) is 14.4 Å². The molecule has 1 saturated carbocycles. The molecule has 1 aliphatic rings. The van der Waals surface area contributed by atoms with E-state index in [0.717, 1.165) is 29.2 Å². The summed E-state index contributed by atoms with van der Waals surface area (Å²) in [6.45, 7) is -0.106. The number of nitrogens with zero attached hydrogens (tertiary/aromatic N) is 1. The first-order chi connectivity index (χ1) is 12.5. The Balaban J connectivity index is 1.48. The van der Waals surface area contributed by atoms with E-state index in [4.69, 9.17) is 0 Å². The zero-order chi connectivity index (χ0) is 18.5. The van der Waals surface area contributed by atoms with Gasteiger partial charge in [0.2, 0.25) is 17.7 Å². The minimum Gasteiger partial charge on any atom is -0.352 e. The molecule has 0 spiro atoms. The van der Waals surface area contributed by atoms with Crippen LogP contribution in [0.4, 0.5) is 0 Å². The normalized spacial score (nSPS) is 13.3. The second-order valence-corrected chi connectivity index (χ2v) is 6.68. The number of carbonyl (C=O) groups excluding carboxylic acids is 3. The van der Waals surface area contributed by atoms with Crippen LogP contribution in [0.1, 0.15) is 18.4 Å². The van der Waals surface area contributed by atoms with E-state index in [0.29, 0.717) is 0 Å². The highest BCUT2D eigenvalue weighted by molar-refractivity contribution is 5.92. The van der Waals surface area contributed by atoms with Crippen LogP contribution in [-0.4, -0.2) is 48.8 Å². The van der Waals surface area contributed by atoms with E-state index in [1.54, 1.807) is 7.05 Å². The van der Waals surface area contributed by atoms with E-state index in [-0.39, 0.29) is 43.3 Å². The van der Waals surface area contributed by atoms with Crippen LogP contribution in [0.3, 0.4) is 0 Å². The summed E-state index contributed by atoms with van der Waals surface area (Å²) in [6.07, 6.45) is 2.22. The largest absolute Gasteiger partial charge is 0.352 e. The van der Waals surface area contributed by atoms with Gasteiger partial charge in [0, 0.05) is 13.1 Å². The highest BCUT2D eigenvalue weighted by Gasteiger charge is 2.24. The molecule has 1 aliphatic carbocycles. The summed E-state index contributed by atoms with van der Waals surface area (Å²) in [7, 11) is 1.56. The van der Waals surface area contributed by atoms with Crippen LogP contribution in [-0.2, 0) is 20.8 Å². The third-order valence-electron chi connectivity index (χ3n) is 4.42. The molecule has 26 heavy (non-hydrogen) atoms. The molecule has 2 aromatic carbocycles. The molecule has 0 heterocycles. The van der Waals surface area contributed by atoms with Gasteiger partial charge in [-0.3, -0.25) is 14.4 Å². The quantitative estimate of drug-likeness (QED) is 0.786. The summed E-state index contributed by atoms with van der Waals surface area (Å²) in [5.41, 5.74) is 0.921. The van der Waals surface area contributed by atoms with Crippen molar-refractivity contribution in [2.45, 2.75) is 25.3 Å². The Morgan fingerprint density at radius 3 is 2.54 bits per heavy atom. The molecular formula is C20H23N3O3. The van der Waals surface area contributed by atoms with Crippen LogP contribution in [0.5, 0.6) is 0 Å². The molecule has 0 radical (unpaired) electrons. The predicted molar refractivity (Wildman–Crippen MR) is 99.5 cm³/mol. The first-order valence-corrected chi connectivity index (χ1v) is 8.79. The number of rotatable bonds is 7. The van der Waals surface area contributed by atoms with Gasteiger partial charge >= 0.3 is 0 Å². The zero-order valence-electron chi connectivity index (χ0n) is 14.8. The summed E-state index contributed by atoms with van der Waals surface area (Å²) < 4.78 is 0. The Kier molecular flexibility index (Phi) is 5.51. The Morgan fingerprint density at radius 2 is 1.77 bits per heavy atom. The molecule has 136 valence electrons. The fraction of sp³-hybridized carbons (Fsp3) is 0.350. The molecule has 1 fully saturated rings. The van der Waals surface area contributed by atoms with Crippen molar-refractivity contribution in [1.82, 2.24) is 15.5 Å². The number of fused-ring (bicyclic) bond motifs is 1. The lowest BCUT2D eigenvalue weighted by Crippen LogP contribution is -2.43. The van der Waals surface area contributed by atoms with Crippen molar-refractivity contribution in [3.05, 3.63) is 48.0 Å². The monoisotopic (exact) mass is 353 g/mol. The Hall–Kier alpha value is -2.89. The first-order valence-electron chi connectivity index (χ1n) is 8.79. The first kappa shape index (κ1) is 17.9. The molecule has 0 aromatic heterocycles. The number of hydrogen-bond acceptors (Lipinski definition) is 3. The molecule has 0 aliphatic heterocycles. The van der Waals surface area contributed by atoms with Gasteiger partial charge in [-0.25, -0.2) is 0 Å². The number of hydrogen-bond donors (Lipinski definition) is 2. The molecule has 0 unspecified atom stereocenters. The van der Waals surface area contributed by atoms with Crippen LogP contribution in [0.25, 0.3) is 10.8 Å². The molecule has 2 N–H and O–H groups in total. The topological polar surface area (TPSA) is 78.5 Å². The molecule has 3 rings (SSSR count). The number of carbonyl (C=O) groups is 3. The van der Waals surface area contributed by atoms with Crippen molar-refractivity contribution in [2.24, 2.45) is 0 Å². The second kappa shape index (κ2) is 7.99. The smallest absolute Gasteiger partial charge is 0.242 e. The van der Waals surface area contributed by atoms with Crippen molar-refractivity contribution in [1.29, 1.82) is 0 Å². The van der Waals surface area contributed by atoms with Crippen LogP contribution < -0.4 is 10.6 Å². The molecule has 2 aromatic rings. The molecule has 6 heteroatoms. The molecule has 3 amide bonds. The third-order valence-corrected chi connectivity index (χ3v) is 4.42. The highest BCUT2D eigenvalue weighted by atomic mass is 16.2. The average Bonchev–Trinajstić information content (AvgIpc) is 3.43. The van der Waals surface area contributed by atoms with Crippen LogP contribution in [0.2, 0.25) is 0 Å². The standard InChI is InChI=1S/C20H23N3O3/c1-23(13-19(25)22-16-9-10-16)20(26)12-21-18(24)11-15-7-4-6-14-5-2-3-8-17(14)15/h2-8,16H,9-13H2,1H3,(H,21,24)(H,22,25). The maximum absolute atomic E-state index is 12.2. The summed E-state index contributed by atoms with van der Waals surface area (Å²) in [6, 6.07) is 14.0. The predicted octanol–water partition coefficient (Wildman–Crippen LogP) is 1.24. The molecular weight excluding hydrogens is 330 g/mol. The van der Waals surface area contributed by atoms with Crippen molar-refractivity contribution in [2.75, 3.05) is 20.1 Å². The van der Waals surface area contributed by atoms with Crippen molar-refractivity contribution < 1.29 is 14.4 Å². The van der Waals surface area contributed by atoms with Gasteiger partial charge in [0.05, 0.1) is 19.5 Å². The molecule has 0 bridgehead atoms. The number of likely N-dealkylation sites (N-methyl/N-ethyl adjacent to an activating group) is 1. The summed E-state index contributed by atoms with van der Waals surface area (Å²) >= 11 is 0. The Labute approximate surface area is 152 Å². The minimum absolute atomic E-state index is 0.00846. The van der Waals surface area contributed by atoms with Gasteiger partial charge in [-0.2, -0.15) is 0 Å². The zero-order valence-corrected chi connectivity index (χ0v) is 14.8. The summed E-state index contributed by atoms with van der Waals surface area (Å²) in [5, 5.41) is 7.59. The van der Waals surface area contributed by atoms with Gasteiger partial charge in [-0.05, 0) is 29.2 Å². The Morgan fingerprint density at radius 1 is 1.04 bits per heavy atom. The fourth-order valence-electron chi connectivity index (χ4n) is 2.80. The van der Waals surface area contributed by atoms with Gasteiger partial charge < -0.3 is 15.5 Å². The molecule has 0 saturated heterocycles. The van der Waals surface area contributed by atoms with Gasteiger partial charge in [0.1, 0.15) is 0 Å². The van der Waals surface area contributed by atoms with E-state index in [2.05, 4.69) is 10.6 Å². The number of nitrogens with one attached hydrogen (secondary N) is 2. The summed E-state index contributed by atoms with van der Waals surface area (Å²) in [5.74, 6) is -0.668. The number of amides is 3. The van der Waals surface area contributed by atoms with E-state index >= 15 is 0 Å². The van der Waals surface area contributed by atoms with Crippen molar-refractivity contribution in [3.8, 4) is 0 Å². The van der Waals surface area contributed by atoms with Crippen LogP contribution >= 0.6 is 0 Å². The fourth-order valence-corrected chi connectivity index (χ4v) is 2.80. The second-order valence-electron chi connectivity index (χ2n) is 6.68. The molecule has 6 nitrogen and oxygen atoms in total. The minimum atomic E-state index is -0.290. The van der Waals surface area contributed by atoms with Crippen molar-refractivity contribution in [3.63, 3.8) is 0 Å². The highest BCUT2D eigenvalue weighted by Crippen LogP contribution is 2.19. The van der Waals surface area contributed by atoms with Gasteiger partial charge in [-0.1, -0.05) is 42.5 Å². The van der Waals surface area contributed by atoms with Gasteiger partial charge in [-0.15, -0.1) is 0 Å². The van der Waals surface area contributed by atoms with Crippen LogP contribution in [0, 0.1) is 0 Å². The SMILES string of the molecule is CN(CC(=O)NC1CC1)C(=O)CNC(=O)Cc1cccc2ccccc12. The van der Waals surface area contributed by atoms with E-state index in [1.165, 1.54) is 4.90 Å². The van der Waals surface area contributed by atoms with Gasteiger partial charge in [0.15, 0.2) is 0 Å². The molecule has 0 atom stereocenters. The van der Waals surface area contributed by atoms with Gasteiger partial charge in [0.25, 0.3) is 0 Å². The van der Waals surface area contributed by atoms with Crippen LogP contribution in [0.15, 0.2) is 42.5 Å². The van der Waals surface area contributed by atoms with E-state index < -0.39 is 0 Å². The lowest BCUT2D eigenvalue weighted by Gasteiger charge is -2.17. The lowest BCUT2D eigenvalue weighted by molar-refractivity contribution is -0.135. The average molecular weight is 353 g/mol. The third kappa shape index (κ3) is 4.81. The number of benzene rings is 2. The van der Waals surface area contributed by atoms with Crippen molar-refractivity contribution >= 4 is 28.5 Å². The Bertz CT molecular complexity index is 825. The maximum atomic E-state index is 12.2. The maximum Gasteiger partial charge on any atom is 0.242 e.